The first-order chi connectivity index (χ1) is 16.1. The van der Waals surface area contributed by atoms with Crippen LogP contribution in [0.3, 0.4) is 0 Å². The van der Waals surface area contributed by atoms with Crippen LogP contribution in [0.25, 0.3) is 0 Å². The van der Waals surface area contributed by atoms with Crippen molar-refractivity contribution in [2.24, 2.45) is 0 Å². The van der Waals surface area contributed by atoms with Crippen molar-refractivity contribution in [3.8, 4) is 0 Å². The molecule has 0 saturated heterocycles. The van der Waals surface area contributed by atoms with Crippen LogP contribution in [0.5, 0.6) is 0 Å². The minimum atomic E-state index is -0.741. The fourth-order valence-corrected chi connectivity index (χ4v) is 4.19. The smallest absolute Gasteiger partial charge is 0.247 e. The van der Waals surface area contributed by atoms with E-state index in [1.54, 1.807) is 12.1 Å². The summed E-state index contributed by atoms with van der Waals surface area (Å²) in [5.74, 6) is -0.648. The van der Waals surface area contributed by atoms with Gasteiger partial charge in [0.1, 0.15) is 6.04 Å². The van der Waals surface area contributed by atoms with Crippen LogP contribution in [0, 0.1) is 0 Å². The first kappa shape index (κ1) is 22.5. The molecular weight excluding hydrogens is 412 g/mol. The predicted molar refractivity (Wildman–Crippen MR) is 129 cm³/mol. The summed E-state index contributed by atoms with van der Waals surface area (Å²) in [4.78, 5) is 38.2. The van der Waals surface area contributed by atoms with Crippen molar-refractivity contribution >= 4 is 23.3 Å². The van der Waals surface area contributed by atoms with Gasteiger partial charge in [0.15, 0.2) is 5.78 Å². The summed E-state index contributed by atoms with van der Waals surface area (Å²) in [7, 11) is 0. The van der Waals surface area contributed by atoms with Crippen molar-refractivity contribution < 1.29 is 14.4 Å². The largest absolute Gasteiger partial charge is 0.344 e. The Hall–Kier alpha value is -3.73. The van der Waals surface area contributed by atoms with E-state index in [2.05, 4.69) is 10.6 Å². The van der Waals surface area contributed by atoms with E-state index in [0.717, 1.165) is 24.8 Å². The summed E-state index contributed by atoms with van der Waals surface area (Å²) in [5.41, 5.74) is 4.83. The Morgan fingerprint density at radius 2 is 1.48 bits per heavy atom. The number of para-hydroxylation sites is 1. The summed E-state index contributed by atoms with van der Waals surface area (Å²) in [6, 6.07) is 23.8. The maximum absolute atomic E-state index is 12.9. The number of ketones is 1. The highest BCUT2D eigenvalue weighted by Gasteiger charge is 2.22. The molecule has 0 aliphatic heterocycles. The number of Topliss-reactive ketones (excluding diaryl/α,β-unsaturated/α-hetero) is 1. The highest BCUT2D eigenvalue weighted by atomic mass is 16.2. The summed E-state index contributed by atoms with van der Waals surface area (Å²) in [6.07, 6.45) is 3.73. The molecule has 5 heteroatoms. The molecule has 0 fully saturated rings. The molecule has 0 radical (unpaired) electrons. The number of amides is 2. The van der Waals surface area contributed by atoms with Gasteiger partial charge in [-0.3, -0.25) is 14.4 Å². The van der Waals surface area contributed by atoms with Crippen LogP contribution >= 0.6 is 0 Å². The lowest BCUT2D eigenvalue weighted by Crippen LogP contribution is -2.45. The fraction of sp³-hybridized carbons (Fsp3) is 0.250. The maximum Gasteiger partial charge on any atom is 0.247 e. The second-order valence-electron chi connectivity index (χ2n) is 8.43. The lowest BCUT2D eigenvalue weighted by Gasteiger charge is -2.19. The third-order valence-electron chi connectivity index (χ3n) is 5.98. The lowest BCUT2D eigenvalue weighted by molar-refractivity contribution is -0.126. The van der Waals surface area contributed by atoms with E-state index < -0.39 is 6.04 Å². The van der Waals surface area contributed by atoms with Gasteiger partial charge in [-0.15, -0.1) is 0 Å². The number of fused-ring (bicyclic) bond motifs is 1. The molecule has 1 aliphatic carbocycles. The number of aryl methyl sites for hydroxylation is 2. The van der Waals surface area contributed by atoms with Crippen molar-refractivity contribution in [1.29, 1.82) is 0 Å². The highest BCUT2D eigenvalue weighted by molar-refractivity contribution is 6.00. The Bertz CT molecular complexity index is 1130. The van der Waals surface area contributed by atoms with Crippen LogP contribution in [0.2, 0.25) is 0 Å². The summed E-state index contributed by atoms with van der Waals surface area (Å²) >= 11 is 0. The standard InChI is InChI=1S/C28H28N2O3/c31-26(23-15-14-21-10-7-11-22(21)19-23)16-17-27(32)30-25(18-20-8-3-1-4-9-20)28(33)29-24-12-5-2-6-13-24/h1-6,8-9,12-15,19,25H,7,10-11,16-18H2,(H,29,33)(H,30,32)/t25-/m1/s1. The fourth-order valence-electron chi connectivity index (χ4n) is 4.19. The molecule has 0 bridgehead atoms. The molecule has 3 aromatic carbocycles. The van der Waals surface area contributed by atoms with Gasteiger partial charge >= 0.3 is 0 Å². The van der Waals surface area contributed by atoms with Gasteiger partial charge in [-0.2, -0.15) is 0 Å². The van der Waals surface area contributed by atoms with Crippen LogP contribution in [0.4, 0.5) is 5.69 Å². The second-order valence-corrected chi connectivity index (χ2v) is 8.43. The quantitative estimate of drug-likeness (QED) is 0.481. The number of carbonyl (C=O) groups is 3. The molecular formula is C28H28N2O3. The van der Waals surface area contributed by atoms with E-state index in [9.17, 15) is 14.4 Å². The summed E-state index contributed by atoms with van der Waals surface area (Å²) in [5, 5.41) is 5.69. The number of rotatable bonds is 9. The summed E-state index contributed by atoms with van der Waals surface area (Å²) < 4.78 is 0. The Morgan fingerprint density at radius 3 is 2.24 bits per heavy atom. The number of hydrogen-bond acceptors (Lipinski definition) is 3. The van der Waals surface area contributed by atoms with Crippen LogP contribution in [-0.2, 0) is 28.9 Å². The van der Waals surface area contributed by atoms with Crippen LogP contribution in [0.1, 0.15) is 46.3 Å². The average molecular weight is 441 g/mol. The van der Waals surface area contributed by atoms with Gasteiger partial charge in [0, 0.05) is 30.5 Å². The Labute approximate surface area is 194 Å². The van der Waals surface area contributed by atoms with E-state index in [-0.39, 0.29) is 30.4 Å². The van der Waals surface area contributed by atoms with Gasteiger partial charge in [-0.05, 0) is 54.2 Å². The molecule has 168 valence electrons. The third-order valence-corrected chi connectivity index (χ3v) is 5.98. The molecule has 1 aliphatic rings. The van der Waals surface area contributed by atoms with E-state index >= 15 is 0 Å². The van der Waals surface area contributed by atoms with Gasteiger partial charge in [0.2, 0.25) is 11.8 Å². The zero-order valence-corrected chi connectivity index (χ0v) is 18.6. The van der Waals surface area contributed by atoms with Crippen molar-refractivity contribution in [1.82, 2.24) is 5.32 Å². The van der Waals surface area contributed by atoms with Crippen molar-refractivity contribution in [3.63, 3.8) is 0 Å². The van der Waals surface area contributed by atoms with E-state index in [0.29, 0.717) is 17.7 Å². The predicted octanol–water partition coefficient (Wildman–Crippen LogP) is 4.50. The zero-order chi connectivity index (χ0) is 23.0. The topological polar surface area (TPSA) is 75.3 Å². The molecule has 1 atom stereocenters. The number of benzene rings is 3. The molecule has 0 heterocycles. The van der Waals surface area contributed by atoms with Gasteiger partial charge in [0.05, 0.1) is 0 Å². The molecule has 0 unspecified atom stereocenters. The van der Waals surface area contributed by atoms with Crippen LogP contribution < -0.4 is 10.6 Å². The molecule has 0 spiro atoms. The third kappa shape index (κ3) is 6.16. The molecule has 2 amide bonds. The highest BCUT2D eigenvalue weighted by Crippen LogP contribution is 2.23. The lowest BCUT2D eigenvalue weighted by atomic mass is 10.0. The van der Waals surface area contributed by atoms with Crippen LogP contribution in [0.15, 0.2) is 78.9 Å². The van der Waals surface area contributed by atoms with Crippen LogP contribution in [-0.4, -0.2) is 23.6 Å². The Morgan fingerprint density at radius 1 is 0.788 bits per heavy atom. The molecule has 5 nitrogen and oxygen atoms in total. The van der Waals surface area contributed by atoms with E-state index in [1.807, 2.05) is 66.7 Å². The maximum atomic E-state index is 12.9. The Balaban J connectivity index is 1.37. The Kier molecular flexibility index (Phi) is 7.30. The number of carbonyl (C=O) groups excluding carboxylic acids is 3. The van der Waals surface area contributed by atoms with Crippen molar-refractivity contribution in [3.05, 3.63) is 101 Å². The van der Waals surface area contributed by atoms with E-state index in [1.165, 1.54) is 11.1 Å². The van der Waals surface area contributed by atoms with Gasteiger partial charge in [-0.25, -0.2) is 0 Å². The summed E-state index contributed by atoms with van der Waals surface area (Å²) in [6.45, 7) is 0. The molecule has 3 aromatic rings. The van der Waals surface area contributed by atoms with Crippen molar-refractivity contribution in [2.45, 2.75) is 44.6 Å². The van der Waals surface area contributed by atoms with Gasteiger partial charge in [-0.1, -0.05) is 60.7 Å². The number of nitrogens with one attached hydrogen (secondary N) is 2. The molecule has 4 rings (SSSR count). The van der Waals surface area contributed by atoms with Crippen molar-refractivity contribution in [2.75, 3.05) is 5.32 Å². The average Bonchev–Trinajstić information content (AvgIpc) is 3.31. The minimum absolute atomic E-state index is 0.0415. The molecule has 0 saturated carbocycles. The number of anilines is 1. The van der Waals surface area contributed by atoms with E-state index in [4.69, 9.17) is 0 Å². The SMILES string of the molecule is O=C(CCC(=O)c1ccc2c(c1)CCC2)N[C@H](Cc1ccccc1)C(=O)Nc1ccccc1. The van der Waals surface area contributed by atoms with Gasteiger partial charge in [0.25, 0.3) is 0 Å². The number of hydrogen-bond donors (Lipinski definition) is 2. The zero-order valence-electron chi connectivity index (χ0n) is 18.6. The molecule has 0 aromatic heterocycles. The normalized spacial score (nSPS) is 13.1. The molecule has 2 N–H and O–H groups in total. The molecule has 33 heavy (non-hydrogen) atoms. The first-order valence-electron chi connectivity index (χ1n) is 11.4. The first-order valence-corrected chi connectivity index (χ1v) is 11.4. The van der Waals surface area contributed by atoms with Gasteiger partial charge < -0.3 is 10.6 Å². The minimum Gasteiger partial charge on any atom is -0.344 e. The monoisotopic (exact) mass is 440 g/mol. The second kappa shape index (κ2) is 10.7.